The Labute approximate surface area is 90.0 Å². The minimum absolute atomic E-state index is 0.443. The molecule has 0 saturated carbocycles. The smallest absolute Gasteiger partial charge is 0.126 e. The number of aryl methyl sites for hydroxylation is 1. The second kappa shape index (κ2) is 3.79. The second-order valence-electron chi connectivity index (χ2n) is 4.03. The number of halogens is 1. The zero-order valence-corrected chi connectivity index (χ0v) is 9.77. The van der Waals surface area contributed by atoms with Gasteiger partial charge in [0, 0.05) is 16.1 Å². The van der Waals surface area contributed by atoms with Gasteiger partial charge in [-0.25, -0.2) is 0 Å². The van der Waals surface area contributed by atoms with Crippen molar-refractivity contribution in [3.63, 3.8) is 0 Å². The van der Waals surface area contributed by atoms with E-state index in [1.807, 2.05) is 32.9 Å². The van der Waals surface area contributed by atoms with Gasteiger partial charge in [0.05, 0.1) is 7.11 Å². The van der Waals surface area contributed by atoms with Gasteiger partial charge in [-0.15, -0.1) is 0 Å². The molecule has 0 fully saturated rings. The fourth-order valence-electron chi connectivity index (χ4n) is 1.48. The van der Waals surface area contributed by atoms with Gasteiger partial charge in [0.2, 0.25) is 0 Å². The lowest BCUT2D eigenvalue weighted by Crippen LogP contribution is -2.29. The maximum Gasteiger partial charge on any atom is 0.126 e. The van der Waals surface area contributed by atoms with Crippen LogP contribution < -0.4 is 10.5 Å². The molecule has 14 heavy (non-hydrogen) atoms. The topological polar surface area (TPSA) is 35.2 Å². The van der Waals surface area contributed by atoms with Crippen LogP contribution in [0.15, 0.2) is 12.1 Å². The van der Waals surface area contributed by atoms with Gasteiger partial charge >= 0.3 is 0 Å². The highest BCUT2D eigenvalue weighted by molar-refractivity contribution is 6.30. The maximum absolute atomic E-state index is 6.03. The molecule has 0 unspecified atom stereocenters. The van der Waals surface area contributed by atoms with Crippen molar-refractivity contribution in [2.24, 2.45) is 5.73 Å². The molecule has 1 aromatic rings. The molecule has 0 saturated heterocycles. The van der Waals surface area contributed by atoms with E-state index in [4.69, 9.17) is 22.1 Å². The van der Waals surface area contributed by atoms with Crippen LogP contribution in [0.25, 0.3) is 0 Å². The molecule has 1 aromatic carbocycles. The molecule has 0 radical (unpaired) electrons. The summed E-state index contributed by atoms with van der Waals surface area (Å²) in [6.45, 7) is 5.82. The number of rotatable bonds is 2. The molecule has 0 bridgehead atoms. The number of hydrogen-bond acceptors (Lipinski definition) is 2. The lowest BCUT2D eigenvalue weighted by Gasteiger charge is -2.23. The fourth-order valence-corrected chi connectivity index (χ4v) is 1.75. The van der Waals surface area contributed by atoms with Crippen molar-refractivity contribution in [1.82, 2.24) is 0 Å². The molecule has 1 rings (SSSR count). The summed E-state index contributed by atoms with van der Waals surface area (Å²) < 4.78 is 5.32. The largest absolute Gasteiger partial charge is 0.496 e. The van der Waals surface area contributed by atoms with Crippen molar-refractivity contribution in [2.45, 2.75) is 26.3 Å². The molecule has 0 aliphatic carbocycles. The summed E-state index contributed by atoms with van der Waals surface area (Å²) in [5, 5.41) is 0.692. The number of methoxy groups -OCH3 is 1. The van der Waals surface area contributed by atoms with Crippen molar-refractivity contribution in [3.8, 4) is 5.75 Å². The van der Waals surface area contributed by atoms with Crippen LogP contribution in [-0.4, -0.2) is 7.11 Å². The molecular weight excluding hydrogens is 198 g/mol. The highest BCUT2D eigenvalue weighted by Gasteiger charge is 2.21. The lowest BCUT2D eigenvalue weighted by molar-refractivity contribution is 0.391. The molecule has 2 N–H and O–H groups in total. The Bertz CT molecular complexity index is 342. The highest BCUT2D eigenvalue weighted by atomic mass is 35.5. The van der Waals surface area contributed by atoms with Crippen LogP contribution in [0.5, 0.6) is 5.75 Å². The predicted octanol–water partition coefficient (Wildman–Crippen LogP) is 2.85. The quantitative estimate of drug-likeness (QED) is 0.820. The molecule has 2 nitrogen and oxygen atoms in total. The summed E-state index contributed by atoms with van der Waals surface area (Å²) in [5.74, 6) is 0.821. The molecule has 0 spiro atoms. The van der Waals surface area contributed by atoms with E-state index in [2.05, 4.69) is 0 Å². The summed E-state index contributed by atoms with van der Waals surface area (Å²) in [6, 6.07) is 3.73. The summed E-state index contributed by atoms with van der Waals surface area (Å²) in [5.41, 5.74) is 7.53. The monoisotopic (exact) mass is 213 g/mol. The molecule has 0 amide bonds. The first kappa shape index (κ1) is 11.3. The van der Waals surface area contributed by atoms with Crippen LogP contribution in [-0.2, 0) is 5.54 Å². The number of ether oxygens (including phenoxy) is 1. The summed E-state index contributed by atoms with van der Waals surface area (Å²) >= 11 is 5.97. The van der Waals surface area contributed by atoms with Crippen LogP contribution >= 0.6 is 11.6 Å². The lowest BCUT2D eigenvalue weighted by atomic mass is 9.93. The van der Waals surface area contributed by atoms with E-state index in [0.717, 1.165) is 16.9 Å². The van der Waals surface area contributed by atoms with Crippen LogP contribution in [0.4, 0.5) is 0 Å². The Morgan fingerprint density at radius 1 is 1.36 bits per heavy atom. The Kier molecular flexibility index (Phi) is 3.07. The first-order valence-electron chi connectivity index (χ1n) is 4.49. The summed E-state index contributed by atoms with van der Waals surface area (Å²) in [4.78, 5) is 0. The van der Waals surface area contributed by atoms with Gasteiger partial charge in [0.15, 0.2) is 0 Å². The average molecular weight is 214 g/mol. The molecule has 0 aliphatic rings. The van der Waals surface area contributed by atoms with E-state index in [1.54, 1.807) is 7.11 Å². The third-order valence-corrected chi connectivity index (χ3v) is 2.36. The molecule has 0 heterocycles. The number of hydrogen-bond donors (Lipinski definition) is 1. The Hall–Kier alpha value is -0.730. The van der Waals surface area contributed by atoms with E-state index in [1.165, 1.54) is 0 Å². The van der Waals surface area contributed by atoms with Crippen LogP contribution in [0.2, 0.25) is 5.02 Å². The molecular formula is C11H16ClNO. The third kappa shape index (κ3) is 2.20. The Balaban J connectivity index is 3.40. The van der Waals surface area contributed by atoms with Gasteiger partial charge in [-0.3, -0.25) is 0 Å². The molecule has 0 aliphatic heterocycles. The van der Waals surface area contributed by atoms with Crippen molar-refractivity contribution >= 4 is 11.6 Å². The Morgan fingerprint density at radius 2 is 1.93 bits per heavy atom. The minimum atomic E-state index is -0.443. The summed E-state index contributed by atoms with van der Waals surface area (Å²) in [7, 11) is 1.64. The first-order valence-corrected chi connectivity index (χ1v) is 4.87. The summed E-state index contributed by atoms with van der Waals surface area (Å²) in [6.07, 6.45) is 0. The van der Waals surface area contributed by atoms with E-state index >= 15 is 0 Å². The standard InChI is InChI=1S/C11H16ClNO/c1-7-5-8(12)6-9(10(7)14-4)11(2,3)13/h5-6H,13H2,1-4H3. The zero-order valence-electron chi connectivity index (χ0n) is 9.02. The van der Waals surface area contributed by atoms with Gasteiger partial charge in [-0.05, 0) is 38.5 Å². The number of benzene rings is 1. The predicted molar refractivity (Wildman–Crippen MR) is 60.0 cm³/mol. The van der Waals surface area contributed by atoms with Crippen LogP contribution in [0.3, 0.4) is 0 Å². The minimum Gasteiger partial charge on any atom is -0.496 e. The normalized spacial score (nSPS) is 11.6. The molecule has 0 atom stereocenters. The molecule has 78 valence electrons. The van der Waals surface area contributed by atoms with E-state index in [9.17, 15) is 0 Å². The van der Waals surface area contributed by atoms with Gasteiger partial charge in [-0.2, -0.15) is 0 Å². The van der Waals surface area contributed by atoms with Gasteiger partial charge in [0.1, 0.15) is 5.75 Å². The van der Waals surface area contributed by atoms with Crippen LogP contribution in [0, 0.1) is 6.92 Å². The Morgan fingerprint density at radius 3 is 2.36 bits per heavy atom. The fraction of sp³-hybridized carbons (Fsp3) is 0.455. The average Bonchev–Trinajstić information content (AvgIpc) is 2.01. The zero-order chi connectivity index (χ0) is 10.9. The second-order valence-corrected chi connectivity index (χ2v) is 4.46. The first-order chi connectivity index (χ1) is 6.36. The number of nitrogens with two attached hydrogens (primary N) is 1. The van der Waals surface area contributed by atoms with Crippen molar-refractivity contribution < 1.29 is 4.74 Å². The van der Waals surface area contributed by atoms with Crippen molar-refractivity contribution in [3.05, 3.63) is 28.3 Å². The molecule has 0 aromatic heterocycles. The molecule has 3 heteroatoms. The van der Waals surface area contributed by atoms with Crippen molar-refractivity contribution in [1.29, 1.82) is 0 Å². The van der Waals surface area contributed by atoms with Gasteiger partial charge in [0.25, 0.3) is 0 Å². The highest BCUT2D eigenvalue weighted by Crippen LogP contribution is 2.33. The SMILES string of the molecule is COc1c(C)cc(Cl)cc1C(C)(C)N. The van der Waals surface area contributed by atoms with Crippen molar-refractivity contribution in [2.75, 3.05) is 7.11 Å². The van der Waals surface area contributed by atoms with E-state index < -0.39 is 5.54 Å². The van der Waals surface area contributed by atoms with Gasteiger partial charge in [-0.1, -0.05) is 11.6 Å². The van der Waals surface area contributed by atoms with E-state index in [-0.39, 0.29) is 0 Å². The third-order valence-electron chi connectivity index (χ3n) is 2.14. The van der Waals surface area contributed by atoms with E-state index in [0.29, 0.717) is 5.02 Å². The maximum atomic E-state index is 6.03. The van der Waals surface area contributed by atoms with Gasteiger partial charge < -0.3 is 10.5 Å². The van der Waals surface area contributed by atoms with Crippen LogP contribution in [0.1, 0.15) is 25.0 Å².